The van der Waals surface area contributed by atoms with Gasteiger partial charge in [0.05, 0.1) is 10.5 Å². The van der Waals surface area contributed by atoms with Crippen molar-refractivity contribution in [2.75, 3.05) is 31.1 Å². The van der Waals surface area contributed by atoms with Crippen LogP contribution in [0.25, 0.3) is 10.9 Å². The van der Waals surface area contributed by atoms with Gasteiger partial charge in [-0.05, 0) is 30.3 Å². The van der Waals surface area contributed by atoms with E-state index in [2.05, 4.69) is 10.2 Å². The summed E-state index contributed by atoms with van der Waals surface area (Å²) < 4.78 is 27.5. The number of hydrogen-bond donors (Lipinski definition) is 1. The maximum Gasteiger partial charge on any atom is 0.269 e. The minimum Gasteiger partial charge on any atom is -0.368 e. The molecule has 0 spiro atoms. The zero-order chi connectivity index (χ0) is 17.4. The molecule has 1 N–H and O–H groups in total. The number of anilines is 1. The Hall–Kier alpha value is -2.02. The molecule has 0 bridgehead atoms. The second-order valence-corrected chi connectivity index (χ2v) is 8.18. The molecule has 3 aromatic rings. The Morgan fingerprint density at radius 3 is 2.48 bits per heavy atom. The summed E-state index contributed by atoms with van der Waals surface area (Å²) in [6.45, 7) is 3.66. The topological polar surface area (TPSA) is 54.3 Å². The van der Waals surface area contributed by atoms with Crippen molar-refractivity contribution >= 4 is 38.2 Å². The zero-order valence-corrected chi connectivity index (χ0v) is 15.1. The molecule has 0 unspecified atom stereocenters. The van der Waals surface area contributed by atoms with Crippen molar-refractivity contribution < 1.29 is 8.42 Å². The van der Waals surface area contributed by atoms with E-state index < -0.39 is 10.0 Å². The summed E-state index contributed by atoms with van der Waals surface area (Å²) in [7, 11) is -3.75. The molecule has 25 heavy (non-hydrogen) atoms. The van der Waals surface area contributed by atoms with Gasteiger partial charge in [-0.2, -0.15) is 0 Å². The van der Waals surface area contributed by atoms with Crippen LogP contribution in [0.4, 0.5) is 5.69 Å². The maximum atomic E-state index is 13.1. The van der Waals surface area contributed by atoms with E-state index in [0.29, 0.717) is 5.52 Å². The lowest BCUT2D eigenvalue weighted by molar-refractivity contribution is 0.589. The number of hydrogen-bond acceptors (Lipinski definition) is 4. The third-order valence-electron chi connectivity index (χ3n) is 4.51. The van der Waals surface area contributed by atoms with E-state index in [4.69, 9.17) is 11.6 Å². The maximum absolute atomic E-state index is 13.1. The molecule has 2 heterocycles. The first-order valence-electron chi connectivity index (χ1n) is 8.15. The Kier molecular flexibility index (Phi) is 4.19. The molecule has 0 aliphatic carbocycles. The fourth-order valence-electron chi connectivity index (χ4n) is 3.28. The average molecular weight is 376 g/mol. The SMILES string of the molecule is O=S(=O)(c1ccccc1Cl)n1ccc2c(N3CCNCC3)cccc21. The summed E-state index contributed by atoms with van der Waals surface area (Å²) in [5, 5.41) is 4.49. The molecule has 1 aliphatic rings. The Morgan fingerprint density at radius 2 is 1.72 bits per heavy atom. The third kappa shape index (κ3) is 2.80. The molecule has 1 saturated heterocycles. The van der Waals surface area contributed by atoms with E-state index in [0.717, 1.165) is 37.3 Å². The van der Waals surface area contributed by atoms with Crippen molar-refractivity contribution in [3.63, 3.8) is 0 Å². The van der Waals surface area contributed by atoms with E-state index in [1.807, 2.05) is 24.3 Å². The number of halogens is 1. The van der Waals surface area contributed by atoms with E-state index in [-0.39, 0.29) is 9.92 Å². The van der Waals surface area contributed by atoms with Gasteiger partial charge in [0, 0.05) is 43.4 Å². The lowest BCUT2D eigenvalue weighted by atomic mass is 10.2. The van der Waals surface area contributed by atoms with Crippen LogP contribution < -0.4 is 10.2 Å². The summed E-state index contributed by atoms with van der Waals surface area (Å²) in [4.78, 5) is 2.40. The van der Waals surface area contributed by atoms with Crippen molar-refractivity contribution in [3.05, 3.63) is 59.8 Å². The lowest BCUT2D eigenvalue weighted by Gasteiger charge is -2.30. The second-order valence-electron chi connectivity index (χ2n) is 5.99. The first-order chi connectivity index (χ1) is 12.1. The highest BCUT2D eigenvalue weighted by Crippen LogP contribution is 2.31. The molecule has 1 aliphatic heterocycles. The first-order valence-corrected chi connectivity index (χ1v) is 9.97. The molecule has 0 atom stereocenters. The van der Waals surface area contributed by atoms with E-state index in [9.17, 15) is 8.42 Å². The Labute approximate surface area is 151 Å². The molecule has 2 aromatic carbocycles. The van der Waals surface area contributed by atoms with Crippen LogP contribution in [0.3, 0.4) is 0 Å². The summed E-state index contributed by atoms with van der Waals surface area (Å²) in [6, 6.07) is 14.2. The predicted octanol–water partition coefficient (Wildman–Crippen LogP) is 2.94. The second kappa shape index (κ2) is 6.37. The number of aromatic nitrogens is 1. The highest BCUT2D eigenvalue weighted by atomic mass is 35.5. The third-order valence-corrected chi connectivity index (χ3v) is 6.70. The quantitative estimate of drug-likeness (QED) is 0.764. The van der Waals surface area contributed by atoms with Crippen LogP contribution >= 0.6 is 11.6 Å². The van der Waals surface area contributed by atoms with Crippen molar-refractivity contribution in [1.82, 2.24) is 9.29 Å². The number of rotatable bonds is 3. The molecule has 4 rings (SSSR count). The highest BCUT2D eigenvalue weighted by Gasteiger charge is 2.23. The normalized spacial score (nSPS) is 15.6. The number of piperazine rings is 1. The monoisotopic (exact) mass is 375 g/mol. The van der Waals surface area contributed by atoms with Gasteiger partial charge >= 0.3 is 0 Å². The van der Waals surface area contributed by atoms with Crippen molar-refractivity contribution in [1.29, 1.82) is 0 Å². The van der Waals surface area contributed by atoms with Crippen LogP contribution in [0.1, 0.15) is 0 Å². The average Bonchev–Trinajstić information content (AvgIpc) is 3.07. The van der Waals surface area contributed by atoms with E-state index in [1.165, 1.54) is 10.0 Å². The molecule has 0 radical (unpaired) electrons. The summed E-state index contributed by atoms with van der Waals surface area (Å²) in [6.07, 6.45) is 1.61. The Balaban J connectivity index is 1.86. The van der Waals surface area contributed by atoms with Gasteiger partial charge in [0.2, 0.25) is 0 Å². The number of nitrogens with one attached hydrogen (secondary N) is 1. The number of benzene rings is 2. The smallest absolute Gasteiger partial charge is 0.269 e. The Morgan fingerprint density at radius 1 is 0.960 bits per heavy atom. The van der Waals surface area contributed by atoms with Gasteiger partial charge in [-0.3, -0.25) is 0 Å². The number of nitrogens with zero attached hydrogens (tertiary/aromatic N) is 2. The molecule has 7 heteroatoms. The van der Waals surface area contributed by atoms with Crippen molar-refractivity contribution in [2.24, 2.45) is 0 Å². The Bertz CT molecular complexity index is 1020. The van der Waals surface area contributed by atoms with E-state index in [1.54, 1.807) is 24.4 Å². The van der Waals surface area contributed by atoms with Gasteiger partial charge in [0.15, 0.2) is 0 Å². The first kappa shape index (κ1) is 16.4. The minimum atomic E-state index is -3.75. The van der Waals surface area contributed by atoms with Gasteiger partial charge in [-0.25, -0.2) is 12.4 Å². The van der Waals surface area contributed by atoms with Crippen LogP contribution in [0.5, 0.6) is 0 Å². The zero-order valence-electron chi connectivity index (χ0n) is 13.5. The molecular weight excluding hydrogens is 358 g/mol. The van der Waals surface area contributed by atoms with Crippen LogP contribution in [-0.4, -0.2) is 38.6 Å². The minimum absolute atomic E-state index is 0.113. The van der Waals surface area contributed by atoms with Crippen LogP contribution in [-0.2, 0) is 10.0 Å². The van der Waals surface area contributed by atoms with Crippen LogP contribution in [0.2, 0.25) is 5.02 Å². The molecule has 130 valence electrons. The standard InChI is InChI=1S/C18H18ClN3O2S/c19-15-4-1-2-7-18(15)25(23,24)22-11-8-14-16(5-3-6-17(14)22)21-12-9-20-10-13-21/h1-8,11,20H,9-10,12-13H2. The van der Waals surface area contributed by atoms with Gasteiger partial charge in [-0.15, -0.1) is 0 Å². The van der Waals surface area contributed by atoms with Crippen LogP contribution in [0.15, 0.2) is 59.6 Å². The summed E-state index contributed by atoms with van der Waals surface area (Å²) >= 11 is 6.12. The molecule has 0 amide bonds. The molecule has 5 nitrogen and oxygen atoms in total. The van der Waals surface area contributed by atoms with Gasteiger partial charge in [0.25, 0.3) is 10.0 Å². The molecular formula is C18H18ClN3O2S. The van der Waals surface area contributed by atoms with Gasteiger partial charge < -0.3 is 10.2 Å². The fourth-order valence-corrected chi connectivity index (χ4v) is 5.12. The largest absolute Gasteiger partial charge is 0.368 e. The van der Waals surface area contributed by atoms with Crippen molar-refractivity contribution in [3.8, 4) is 0 Å². The van der Waals surface area contributed by atoms with Gasteiger partial charge in [0.1, 0.15) is 4.90 Å². The lowest BCUT2D eigenvalue weighted by Crippen LogP contribution is -2.43. The fraction of sp³-hybridized carbons (Fsp3) is 0.222. The molecule has 0 saturated carbocycles. The molecule has 1 aromatic heterocycles. The van der Waals surface area contributed by atoms with Crippen molar-refractivity contribution in [2.45, 2.75) is 4.90 Å². The van der Waals surface area contributed by atoms with Gasteiger partial charge in [-0.1, -0.05) is 29.8 Å². The summed E-state index contributed by atoms with van der Waals surface area (Å²) in [5.74, 6) is 0. The molecule has 1 fully saturated rings. The van der Waals surface area contributed by atoms with Crippen LogP contribution in [0, 0.1) is 0 Å². The predicted molar refractivity (Wildman–Crippen MR) is 101 cm³/mol. The summed E-state index contributed by atoms with van der Waals surface area (Å²) in [5.41, 5.74) is 1.73. The highest BCUT2D eigenvalue weighted by molar-refractivity contribution is 7.90. The van der Waals surface area contributed by atoms with E-state index >= 15 is 0 Å². The number of fused-ring (bicyclic) bond motifs is 1.